The smallest absolute Gasteiger partial charge is 0.0374 e. The topological polar surface area (TPSA) is 30.9 Å². The predicted molar refractivity (Wildman–Crippen MR) is 45.1 cm³/mol. The monoisotopic (exact) mass is 150 g/mol. The third kappa shape index (κ3) is 1.63. The molecule has 2 rings (SSSR count). The van der Waals surface area contributed by atoms with Crippen LogP contribution in [0.15, 0.2) is 24.5 Å². The van der Waals surface area contributed by atoms with E-state index in [4.69, 9.17) is 5.73 Å². The number of hydrogen-bond acceptors (Lipinski definition) is 1. The van der Waals surface area contributed by atoms with Crippen LogP contribution in [0.25, 0.3) is 0 Å². The van der Waals surface area contributed by atoms with Crippen LogP contribution < -0.4 is 5.73 Å². The van der Waals surface area contributed by atoms with Crippen molar-refractivity contribution in [2.45, 2.75) is 25.4 Å². The number of nitrogens with zero attached hydrogens (tertiary/aromatic N) is 1. The fraction of sp³-hybridized carbons (Fsp3) is 0.556. The Kier molecular flexibility index (Phi) is 1.70. The van der Waals surface area contributed by atoms with Crippen LogP contribution in [0.2, 0.25) is 0 Å². The van der Waals surface area contributed by atoms with E-state index in [1.807, 2.05) is 12.1 Å². The van der Waals surface area contributed by atoms with Crippen molar-refractivity contribution in [1.82, 2.24) is 4.57 Å². The summed E-state index contributed by atoms with van der Waals surface area (Å²) in [6.07, 6.45) is 6.81. The first kappa shape index (κ1) is 6.92. The molecular weight excluding hydrogens is 136 g/mol. The fourth-order valence-electron chi connectivity index (χ4n) is 1.41. The zero-order valence-electron chi connectivity index (χ0n) is 6.61. The molecule has 0 radical (unpaired) electrons. The predicted octanol–water partition coefficient (Wildman–Crippen LogP) is 1.23. The highest BCUT2D eigenvalue weighted by molar-refractivity contribution is 4.93. The molecule has 1 unspecified atom stereocenters. The normalized spacial score (nSPS) is 20.1. The molecule has 1 heterocycles. The third-order valence-corrected chi connectivity index (χ3v) is 2.32. The maximum atomic E-state index is 5.95. The third-order valence-electron chi connectivity index (χ3n) is 2.32. The van der Waals surface area contributed by atoms with E-state index in [0.717, 1.165) is 12.5 Å². The molecule has 1 aliphatic carbocycles. The Bertz CT molecular complexity index is 211. The summed E-state index contributed by atoms with van der Waals surface area (Å²) in [7, 11) is 0. The molecule has 1 fully saturated rings. The molecule has 0 bridgehead atoms. The van der Waals surface area contributed by atoms with Crippen LogP contribution in [0.1, 0.15) is 12.8 Å². The van der Waals surface area contributed by atoms with E-state index < -0.39 is 0 Å². The molecule has 2 N–H and O–H groups in total. The van der Waals surface area contributed by atoms with Crippen LogP contribution in [-0.4, -0.2) is 10.6 Å². The van der Waals surface area contributed by atoms with Gasteiger partial charge in [-0.2, -0.15) is 0 Å². The van der Waals surface area contributed by atoms with Crippen LogP contribution in [0, 0.1) is 5.92 Å². The summed E-state index contributed by atoms with van der Waals surface area (Å²) in [4.78, 5) is 0. The first-order valence-electron chi connectivity index (χ1n) is 4.22. The number of rotatable bonds is 3. The second-order valence-electron chi connectivity index (χ2n) is 3.38. The van der Waals surface area contributed by atoms with Crippen molar-refractivity contribution in [3.05, 3.63) is 24.5 Å². The quantitative estimate of drug-likeness (QED) is 0.690. The van der Waals surface area contributed by atoms with Gasteiger partial charge in [-0.25, -0.2) is 0 Å². The Labute approximate surface area is 67.0 Å². The summed E-state index contributed by atoms with van der Waals surface area (Å²) in [5.74, 6) is 0.803. The molecule has 0 aliphatic heterocycles. The van der Waals surface area contributed by atoms with Crippen LogP contribution in [-0.2, 0) is 6.54 Å². The molecule has 0 spiro atoms. The summed E-state index contributed by atoms with van der Waals surface area (Å²) in [6, 6.07) is 4.46. The van der Waals surface area contributed by atoms with Gasteiger partial charge in [-0.1, -0.05) is 0 Å². The standard InChI is InChI=1S/C9H14N2/c10-9(8-3-4-8)7-11-5-1-2-6-11/h1-2,5-6,8-9H,3-4,7,10H2. The largest absolute Gasteiger partial charge is 0.353 e. The molecular formula is C9H14N2. The SMILES string of the molecule is NC(Cn1cccc1)C1CC1. The molecule has 11 heavy (non-hydrogen) atoms. The van der Waals surface area contributed by atoms with Crippen molar-refractivity contribution in [1.29, 1.82) is 0 Å². The Morgan fingerprint density at radius 2 is 2.00 bits per heavy atom. The Balaban J connectivity index is 1.89. The van der Waals surface area contributed by atoms with Crippen molar-refractivity contribution < 1.29 is 0 Å². The summed E-state index contributed by atoms with van der Waals surface area (Å²) >= 11 is 0. The fourth-order valence-corrected chi connectivity index (χ4v) is 1.41. The van der Waals surface area contributed by atoms with E-state index in [0.29, 0.717) is 6.04 Å². The lowest BCUT2D eigenvalue weighted by Crippen LogP contribution is -2.27. The highest BCUT2D eigenvalue weighted by Crippen LogP contribution is 2.32. The van der Waals surface area contributed by atoms with Gasteiger partial charge in [0.15, 0.2) is 0 Å². The van der Waals surface area contributed by atoms with Crippen LogP contribution >= 0.6 is 0 Å². The molecule has 0 aromatic carbocycles. The molecule has 60 valence electrons. The van der Waals surface area contributed by atoms with E-state index in [1.54, 1.807) is 0 Å². The Morgan fingerprint density at radius 3 is 2.55 bits per heavy atom. The summed E-state index contributed by atoms with van der Waals surface area (Å²) < 4.78 is 2.16. The Morgan fingerprint density at radius 1 is 1.36 bits per heavy atom. The second-order valence-corrected chi connectivity index (χ2v) is 3.38. The molecule has 1 aromatic heterocycles. The van der Waals surface area contributed by atoms with E-state index in [9.17, 15) is 0 Å². The molecule has 0 amide bonds. The van der Waals surface area contributed by atoms with Crippen molar-refractivity contribution in [3.63, 3.8) is 0 Å². The molecule has 1 atom stereocenters. The zero-order chi connectivity index (χ0) is 7.68. The number of nitrogens with two attached hydrogens (primary N) is 1. The van der Waals surface area contributed by atoms with E-state index in [-0.39, 0.29) is 0 Å². The number of aromatic nitrogens is 1. The minimum Gasteiger partial charge on any atom is -0.353 e. The molecule has 1 aliphatic rings. The lowest BCUT2D eigenvalue weighted by molar-refractivity contribution is 0.504. The zero-order valence-corrected chi connectivity index (χ0v) is 6.61. The Hall–Kier alpha value is -0.760. The average molecular weight is 150 g/mol. The van der Waals surface area contributed by atoms with Gasteiger partial charge in [0.05, 0.1) is 0 Å². The van der Waals surface area contributed by atoms with Gasteiger partial charge in [0.2, 0.25) is 0 Å². The van der Waals surface area contributed by atoms with Gasteiger partial charge in [-0.05, 0) is 30.9 Å². The minimum absolute atomic E-state index is 0.377. The average Bonchev–Trinajstić information content (AvgIpc) is 2.73. The van der Waals surface area contributed by atoms with Crippen LogP contribution in [0.4, 0.5) is 0 Å². The van der Waals surface area contributed by atoms with Crippen LogP contribution in [0.3, 0.4) is 0 Å². The molecule has 1 saturated carbocycles. The van der Waals surface area contributed by atoms with Crippen molar-refractivity contribution >= 4 is 0 Å². The molecule has 2 heteroatoms. The van der Waals surface area contributed by atoms with Gasteiger partial charge in [0.1, 0.15) is 0 Å². The van der Waals surface area contributed by atoms with Gasteiger partial charge in [0.25, 0.3) is 0 Å². The van der Waals surface area contributed by atoms with Gasteiger partial charge >= 0.3 is 0 Å². The molecule has 1 aromatic rings. The highest BCUT2D eigenvalue weighted by Gasteiger charge is 2.28. The van der Waals surface area contributed by atoms with E-state index >= 15 is 0 Å². The molecule has 0 saturated heterocycles. The van der Waals surface area contributed by atoms with Crippen LogP contribution in [0.5, 0.6) is 0 Å². The van der Waals surface area contributed by atoms with E-state index in [2.05, 4.69) is 17.0 Å². The minimum atomic E-state index is 0.377. The van der Waals surface area contributed by atoms with Gasteiger partial charge in [-0.15, -0.1) is 0 Å². The van der Waals surface area contributed by atoms with E-state index in [1.165, 1.54) is 12.8 Å². The summed E-state index contributed by atoms with van der Waals surface area (Å²) in [5, 5.41) is 0. The number of hydrogen-bond donors (Lipinski definition) is 1. The summed E-state index contributed by atoms with van der Waals surface area (Å²) in [6.45, 7) is 0.984. The van der Waals surface area contributed by atoms with Crippen molar-refractivity contribution in [2.24, 2.45) is 11.7 Å². The maximum Gasteiger partial charge on any atom is 0.0374 e. The van der Waals surface area contributed by atoms with Crippen molar-refractivity contribution in [2.75, 3.05) is 0 Å². The first-order valence-corrected chi connectivity index (χ1v) is 4.22. The lowest BCUT2D eigenvalue weighted by atomic mass is 10.2. The lowest BCUT2D eigenvalue weighted by Gasteiger charge is -2.10. The van der Waals surface area contributed by atoms with Gasteiger partial charge in [-0.3, -0.25) is 0 Å². The maximum absolute atomic E-state index is 5.95. The van der Waals surface area contributed by atoms with Gasteiger partial charge < -0.3 is 10.3 Å². The second kappa shape index (κ2) is 2.70. The molecule has 2 nitrogen and oxygen atoms in total. The van der Waals surface area contributed by atoms with Crippen molar-refractivity contribution in [3.8, 4) is 0 Å². The van der Waals surface area contributed by atoms with Gasteiger partial charge in [0, 0.05) is 25.0 Å². The first-order chi connectivity index (χ1) is 5.36. The highest BCUT2D eigenvalue weighted by atomic mass is 15.0. The summed E-state index contributed by atoms with van der Waals surface area (Å²) in [5.41, 5.74) is 5.95.